The van der Waals surface area contributed by atoms with E-state index in [1.54, 1.807) is 10.9 Å². The Kier molecular flexibility index (Phi) is 3.98. The summed E-state index contributed by atoms with van der Waals surface area (Å²) in [5, 5.41) is 7.21. The Morgan fingerprint density at radius 1 is 1.52 bits per heavy atom. The second kappa shape index (κ2) is 5.95. The number of rotatable bonds is 4. The van der Waals surface area contributed by atoms with Crippen LogP contribution in [0.3, 0.4) is 0 Å². The molecule has 0 saturated carbocycles. The summed E-state index contributed by atoms with van der Waals surface area (Å²) in [6, 6.07) is 7.31. The number of aryl methyl sites for hydroxylation is 1. The quantitative estimate of drug-likeness (QED) is 0.848. The lowest BCUT2D eigenvalue weighted by Crippen LogP contribution is -2.41. The SMILES string of the molecule is CC1(C)CC(NC(=O)CCn2cccn2)c2cc(N)ccc2O1. The molecule has 3 rings (SSSR count). The third-order valence-electron chi connectivity index (χ3n) is 3.95. The number of ether oxygens (including phenoxy) is 1. The molecule has 2 heterocycles. The molecular weight excluding hydrogens is 292 g/mol. The number of fused-ring (bicyclic) bond motifs is 1. The van der Waals surface area contributed by atoms with Crippen LogP contribution in [0.15, 0.2) is 36.7 Å². The number of nitrogen functional groups attached to an aromatic ring is 1. The van der Waals surface area contributed by atoms with Crippen molar-refractivity contribution in [2.45, 2.75) is 44.9 Å². The lowest BCUT2D eigenvalue weighted by molar-refractivity contribution is -0.122. The van der Waals surface area contributed by atoms with Gasteiger partial charge >= 0.3 is 0 Å². The van der Waals surface area contributed by atoms with Crippen molar-refractivity contribution in [1.29, 1.82) is 0 Å². The van der Waals surface area contributed by atoms with E-state index >= 15 is 0 Å². The average molecular weight is 314 g/mol. The Bertz CT molecular complexity index is 695. The minimum atomic E-state index is -0.330. The van der Waals surface area contributed by atoms with Gasteiger partial charge in [0.05, 0.1) is 6.04 Å². The molecule has 0 aliphatic carbocycles. The van der Waals surface area contributed by atoms with Gasteiger partial charge in [0, 0.05) is 43.0 Å². The van der Waals surface area contributed by atoms with E-state index in [0.29, 0.717) is 25.1 Å². The first-order valence-electron chi connectivity index (χ1n) is 7.78. The van der Waals surface area contributed by atoms with E-state index in [4.69, 9.17) is 10.5 Å². The molecule has 0 radical (unpaired) electrons. The van der Waals surface area contributed by atoms with Crippen LogP contribution in [0.1, 0.15) is 38.3 Å². The highest BCUT2D eigenvalue weighted by Crippen LogP contribution is 2.40. The Hall–Kier alpha value is -2.50. The summed E-state index contributed by atoms with van der Waals surface area (Å²) >= 11 is 0. The number of aromatic nitrogens is 2. The van der Waals surface area contributed by atoms with Crippen LogP contribution in [0.2, 0.25) is 0 Å². The zero-order valence-electron chi connectivity index (χ0n) is 13.5. The van der Waals surface area contributed by atoms with Gasteiger partial charge in [-0.2, -0.15) is 5.10 Å². The second-order valence-corrected chi connectivity index (χ2v) is 6.50. The van der Waals surface area contributed by atoms with Crippen LogP contribution in [0.25, 0.3) is 0 Å². The molecule has 1 amide bonds. The number of carbonyl (C=O) groups excluding carboxylic acids is 1. The van der Waals surface area contributed by atoms with Crippen LogP contribution in [0.4, 0.5) is 5.69 Å². The molecule has 1 atom stereocenters. The highest BCUT2D eigenvalue weighted by atomic mass is 16.5. The number of carbonyl (C=O) groups is 1. The third kappa shape index (κ3) is 3.64. The maximum atomic E-state index is 12.3. The predicted molar refractivity (Wildman–Crippen MR) is 87.9 cm³/mol. The molecule has 1 aliphatic heterocycles. The molecule has 1 aromatic heterocycles. The van der Waals surface area contributed by atoms with Crippen LogP contribution in [-0.4, -0.2) is 21.3 Å². The van der Waals surface area contributed by atoms with Gasteiger partial charge in [-0.1, -0.05) is 0 Å². The molecule has 1 aliphatic rings. The normalized spacial score (nSPS) is 18.8. The molecular formula is C17H22N4O2. The van der Waals surface area contributed by atoms with Gasteiger partial charge in [-0.15, -0.1) is 0 Å². The smallest absolute Gasteiger partial charge is 0.222 e. The molecule has 0 saturated heterocycles. The lowest BCUT2D eigenvalue weighted by atomic mass is 9.89. The largest absolute Gasteiger partial charge is 0.487 e. The van der Waals surface area contributed by atoms with Crippen molar-refractivity contribution >= 4 is 11.6 Å². The second-order valence-electron chi connectivity index (χ2n) is 6.50. The number of hydrogen-bond acceptors (Lipinski definition) is 4. The summed E-state index contributed by atoms with van der Waals surface area (Å²) in [6.07, 6.45) is 4.65. The van der Waals surface area contributed by atoms with Crippen molar-refractivity contribution in [3.8, 4) is 5.75 Å². The zero-order chi connectivity index (χ0) is 16.4. The fourth-order valence-corrected chi connectivity index (χ4v) is 2.92. The van der Waals surface area contributed by atoms with Crippen LogP contribution in [0.5, 0.6) is 5.75 Å². The van der Waals surface area contributed by atoms with E-state index < -0.39 is 0 Å². The molecule has 0 bridgehead atoms. The lowest BCUT2D eigenvalue weighted by Gasteiger charge is -2.38. The number of nitrogens with zero attached hydrogens (tertiary/aromatic N) is 2. The molecule has 6 heteroatoms. The molecule has 122 valence electrons. The van der Waals surface area contributed by atoms with Crippen molar-refractivity contribution in [1.82, 2.24) is 15.1 Å². The summed E-state index contributed by atoms with van der Waals surface area (Å²) < 4.78 is 7.73. The van der Waals surface area contributed by atoms with Crippen molar-refractivity contribution < 1.29 is 9.53 Å². The number of amides is 1. The molecule has 0 fully saturated rings. The fourth-order valence-electron chi connectivity index (χ4n) is 2.92. The van der Waals surface area contributed by atoms with Crippen molar-refractivity contribution in [2.75, 3.05) is 5.73 Å². The van der Waals surface area contributed by atoms with E-state index in [1.807, 2.05) is 44.3 Å². The van der Waals surface area contributed by atoms with Crippen LogP contribution in [-0.2, 0) is 11.3 Å². The van der Waals surface area contributed by atoms with Gasteiger partial charge in [0.25, 0.3) is 0 Å². The first-order chi connectivity index (χ1) is 10.9. The van der Waals surface area contributed by atoms with Crippen molar-refractivity contribution in [3.05, 3.63) is 42.2 Å². The van der Waals surface area contributed by atoms with Crippen molar-refractivity contribution in [2.24, 2.45) is 0 Å². The summed E-state index contributed by atoms with van der Waals surface area (Å²) in [4.78, 5) is 12.3. The zero-order valence-corrected chi connectivity index (χ0v) is 13.5. The van der Waals surface area contributed by atoms with E-state index in [0.717, 1.165) is 11.3 Å². The summed E-state index contributed by atoms with van der Waals surface area (Å²) in [7, 11) is 0. The highest BCUT2D eigenvalue weighted by Gasteiger charge is 2.34. The summed E-state index contributed by atoms with van der Waals surface area (Å²) in [5.41, 5.74) is 7.17. The van der Waals surface area contributed by atoms with Crippen LogP contribution in [0, 0.1) is 0 Å². The predicted octanol–water partition coefficient (Wildman–Crippen LogP) is 2.27. The maximum absolute atomic E-state index is 12.3. The van der Waals surface area contributed by atoms with Gasteiger partial charge in [0.2, 0.25) is 5.91 Å². The number of anilines is 1. The van der Waals surface area contributed by atoms with E-state index in [2.05, 4.69) is 10.4 Å². The van der Waals surface area contributed by atoms with Gasteiger partial charge in [-0.25, -0.2) is 0 Å². The van der Waals surface area contributed by atoms with Gasteiger partial charge in [0.1, 0.15) is 11.4 Å². The van der Waals surface area contributed by atoms with E-state index in [9.17, 15) is 4.79 Å². The minimum absolute atomic E-state index is 0.00317. The summed E-state index contributed by atoms with van der Waals surface area (Å²) in [5.74, 6) is 0.782. The molecule has 1 aromatic carbocycles. The van der Waals surface area contributed by atoms with Gasteiger partial charge in [-0.05, 0) is 38.1 Å². The number of benzene rings is 1. The molecule has 2 aromatic rings. The Morgan fingerprint density at radius 2 is 2.35 bits per heavy atom. The fraction of sp³-hybridized carbons (Fsp3) is 0.412. The average Bonchev–Trinajstić information content (AvgIpc) is 2.98. The topological polar surface area (TPSA) is 82.2 Å². The highest BCUT2D eigenvalue weighted by molar-refractivity contribution is 5.76. The number of nitrogens with two attached hydrogens (primary N) is 1. The molecule has 3 N–H and O–H groups in total. The van der Waals surface area contributed by atoms with Crippen LogP contribution >= 0.6 is 0 Å². The first kappa shape index (κ1) is 15.4. The first-order valence-corrected chi connectivity index (χ1v) is 7.78. The van der Waals surface area contributed by atoms with Gasteiger partial charge < -0.3 is 15.8 Å². The molecule has 6 nitrogen and oxygen atoms in total. The van der Waals surface area contributed by atoms with Crippen LogP contribution < -0.4 is 15.8 Å². The minimum Gasteiger partial charge on any atom is -0.487 e. The Morgan fingerprint density at radius 3 is 3.09 bits per heavy atom. The van der Waals surface area contributed by atoms with Gasteiger partial charge in [-0.3, -0.25) is 9.48 Å². The summed E-state index contributed by atoms with van der Waals surface area (Å²) in [6.45, 7) is 4.61. The van der Waals surface area contributed by atoms with Crippen molar-refractivity contribution in [3.63, 3.8) is 0 Å². The number of nitrogens with one attached hydrogen (secondary N) is 1. The third-order valence-corrected chi connectivity index (χ3v) is 3.95. The number of hydrogen-bond donors (Lipinski definition) is 2. The maximum Gasteiger partial charge on any atom is 0.222 e. The van der Waals surface area contributed by atoms with Gasteiger partial charge in [0.15, 0.2) is 0 Å². The molecule has 1 unspecified atom stereocenters. The standard InChI is InChI=1S/C17H22N4O2/c1-17(2)11-14(13-10-12(18)4-5-15(13)23-17)20-16(22)6-9-21-8-3-7-19-21/h3-5,7-8,10,14H,6,9,11,18H2,1-2H3,(H,20,22). The molecule has 0 spiro atoms. The molecule has 23 heavy (non-hydrogen) atoms. The Labute approximate surface area is 135 Å². The Balaban J connectivity index is 1.71. The monoisotopic (exact) mass is 314 g/mol. The van der Waals surface area contributed by atoms with E-state index in [1.165, 1.54) is 0 Å². The van der Waals surface area contributed by atoms with E-state index in [-0.39, 0.29) is 17.6 Å².